The Hall–Kier alpha value is -3.41. The Balaban J connectivity index is 1.62. The lowest BCUT2D eigenvalue weighted by molar-refractivity contribution is -0.115. The van der Waals surface area contributed by atoms with Crippen LogP contribution in [0.5, 0.6) is 0 Å². The first-order valence-corrected chi connectivity index (χ1v) is 8.70. The van der Waals surface area contributed by atoms with Gasteiger partial charge in [0.15, 0.2) is 0 Å². The van der Waals surface area contributed by atoms with E-state index in [1.54, 1.807) is 37.6 Å². The number of aryl methyl sites for hydroxylation is 1. The maximum atomic E-state index is 12.3. The molecule has 0 aliphatic heterocycles. The number of amides is 2. The molecule has 0 radical (unpaired) electrons. The van der Waals surface area contributed by atoms with Crippen LogP contribution in [0, 0.1) is 13.8 Å². The van der Waals surface area contributed by atoms with Crippen LogP contribution in [-0.2, 0) is 11.2 Å². The van der Waals surface area contributed by atoms with Crippen LogP contribution in [0.15, 0.2) is 54.9 Å². The van der Waals surface area contributed by atoms with Gasteiger partial charge in [0.25, 0.3) is 5.91 Å². The lowest BCUT2D eigenvalue weighted by Gasteiger charge is -2.09. The van der Waals surface area contributed by atoms with Gasteiger partial charge in [0.05, 0.1) is 18.4 Å². The zero-order valence-corrected chi connectivity index (χ0v) is 15.6. The lowest BCUT2D eigenvalue weighted by atomic mass is 10.1. The summed E-state index contributed by atoms with van der Waals surface area (Å²) in [5.41, 5.74) is 5.24. The van der Waals surface area contributed by atoms with Gasteiger partial charge in [-0.25, -0.2) is 4.98 Å². The van der Waals surface area contributed by atoms with Gasteiger partial charge in [-0.15, -0.1) is 0 Å². The average Bonchev–Trinajstić information content (AvgIpc) is 3.01. The zero-order chi connectivity index (χ0) is 19.4. The summed E-state index contributed by atoms with van der Waals surface area (Å²) >= 11 is 0. The van der Waals surface area contributed by atoms with E-state index in [4.69, 9.17) is 0 Å². The molecule has 1 heterocycles. The van der Waals surface area contributed by atoms with Gasteiger partial charge in [-0.05, 0) is 55.8 Å². The molecule has 0 fully saturated rings. The van der Waals surface area contributed by atoms with Crippen LogP contribution < -0.4 is 10.6 Å². The minimum Gasteiger partial charge on any atom is -0.355 e. The molecule has 0 bridgehead atoms. The van der Waals surface area contributed by atoms with Gasteiger partial charge in [0.2, 0.25) is 5.91 Å². The number of benzene rings is 2. The highest BCUT2D eigenvalue weighted by Crippen LogP contribution is 2.17. The molecule has 0 aliphatic rings. The number of hydrogen-bond donors (Lipinski definition) is 2. The topological polar surface area (TPSA) is 76.0 Å². The Morgan fingerprint density at radius 2 is 1.67 bits per heavy atom. The molecule has 3 rings (SSSR count). The van der Waals surface area contributed by atoms with Crippen LogP contribution in [0.4, 0.5) is 5.69 Å². The molecule has 0 unspecified atom stereocenters. The lowest BCUT2D eigenvalue weighted by Crippen LogP contribution is -2.18. The number of rotatable bonds is 5. The molecule has 27 heavy (non-hydrogen) atoms. The molecule has 2 amide bonds. The normalized spacial score (nSPS) is 10.5. The number of hydrogen-bond acceptors (Lipinski definition) is 3. The summed E-state index contributed by atoms with van der Waals surface area (Å²) in [6, 6.07) is 14.6. The highest BCUT2D eigenvalue weighted by molar-refractivity contribution is 5.95. The van der Waals surface area contributed by atoms with Crippen molar-refractivity contribution in [1.82, 2.24) is 14.9 Å². The van der Waals surface area contributed by atoms with Crippen molar-refractivity contribution in [2.75, 3.05) is 12.4 Å². The van der Waals surface area contributed by atoms with Crippen molar-refractivity contribution in [3.05, 3.63) is 77.4 Å². The van der Waals surface area contributed by atoms with E-state index in [2.05, 4.69) is 15.6 Å². The summed E-state index contributed by atoms with van der Waals surface area (Å²) < 4.78 is 2.01. The molecule has 2 N–H and O–H groups in total. The van der Waals surface area contributed by atoms with E-state index in [0.717, 1.165) is 28.3 Å². The van der Waals surface area contributed by atoms with Crippen molar-refractivity contribution in [2.45, 2.75) is 20.3 Å². The Morgan fingerprint density at radius 1 is 1.00 bits per heavy atom. The fourth-order valence-corrected chi connectivity index (χ4v) is 2.77. The van der Waals surface area contributed by atoms with Crippen molar-refractivity contribution in [2.24, 2.45) is 0 Å². The van der Waals surface area contributed by atoms with Crippen LogP contribution in [0.25, 0.3) is 5.69 Å². The van der Waals surface area contributed by atoms with E-state index in [0.29, 0.717) is 5.56 Å². The van der Waals surface area contributed by atoms with Gasteiger partial charge >= 0.3 is 0 Å². The largest absolute Gasteiger partial charge is 0.355 e. The number of aromatic nitrogens is 2. The molecular weight excluding hydrogens is 340 g/mol. The summed E-state index contributed by atoms with van der Waals surface area (Å²) in [7, 11) is 1.59. The fourth-order valence-electron chi connectivity index (χ4n) is 2.77. The molecule has 2 aromatic carbocycles. The second-order valence-corrected chi connectivity index (χ2v) is 6.33. The van der Waals surface area contributed by atoms with Crippen LogP contribution in [0.2, 0.25) is 0 Å². The summed E-state index contributed by atoms with van der Waals surface area (Å²) in [6.45, 7) is 4.00. The highest BCUT2D eigenvalue weighted by Gasteiger charge is 2.08. The van der Waals surface area contributed by atoms with Crippen LogP contribution >= 0.6 is 0 Å². The Morgan fingerprint density at radius 3 is 2.22 bits per heavy atom. The Bertz CT molecular complexity index is 957. The number of carbonyl (C=O) groups is 2. The van der Waals surface area contributed by atoms with E-state index in [1.807, 2.05) is 42.7 Å². The van der Waals surface area contributed by atoms with Gasteiger partial charge in [-0.3, -0.25) is 9.59 Å². The number of anilines is 1. The summed E-state index contributed by atoms with van der Waals surface area (Å²) in [5.74, 6) is -0.250. The number of carbonyl (C=O) groups excluding carboxylic acids is 2. The molecule has 0 aliphatic carbocycles. The van der Waals surface area contributed by atoms with Crippen molar-refractivity contribution in [3.63, 3.8) is 0 Å². The van der Waals surface area contributed by atoms with Crippen LogP contribution in [0.1, 0.15) is 27.3 Å². The van der Waals surface area contributed by atoms with E-state index >= 15 is 0 Å². The highest BCUT2D eigenvalue weighted by atomic mass is 16.2. The molecule has 0 saturated heterocycles. The second kappa shape index (κ2) is 7.86. The molecule has 6 nitrogen and oxygen atoms in total. The molecule has 138 valence electrons. The Kier molecular flexibility index (Phi) is 5.35. The molecular formula is C21H22N4O2. The van der Waals surface area contributed by atoms with E-state index in [1.165, 1.54) is 0 Å². The quantitative estimate of drug-likeness (QED) is 0.732. The van der Waals surface area contributed by atoms with Gasteiger partial charge in [0, 0.05) is 29.7 Å². The first kappa shape index (κ1) is 18.4. The molecule has 6 heteroatoms. The van der Waals surface area contributed by atoms with E-state index in [9.17, 15) is 9.59 Å². The smallest absolute Gasteiger partial charge is 0.251 e. The third-order valence-electron chi connectivity index (χ3n) is 4.49. The fraction of sp³-hybridized carbons (Fsp3) is 0.190. The van der Waals surface area contributed by atoms with Crippen molar-refractivity contribution < 1.29 is 9.59 Å². The molecule has 1 aromatic heterocycles. The van der Waals surface area contributed by atoms with Gasteiger partial charge < -0.3 is 15.2 Å². The van der Waals surface area contributed by atoms with Gasteiger partial charge in [-0.2, -0.15) is 0 Å². The van der Waals surface area contributed by atoms with Crippen molar-refractivity contribution in [3.8, 4) is 5.69 Å². The van der Waals surface area contributed by atoms with Gasteiger partial charge in [-0.1, -0.05) is 12.1 Å². The van der Waals surface area contributed by atoms with Crippen LogP contribution in [-0.4, -0.2) is 28.4 Å². The first-order chi connectivity index (χ1) is 13.0. The zero-order valence-electron chi connectivity index (χ0n) is 15.6. The summed E-state index contributed by atoms with van der Waals surface area (Å²) in [6.07, 6.45) is 2.04. The summed E-state index contributed by atoms with van der Waals surface area (Å²) in [5, 5.41) is 5.47. The SMILES string of the molecule is CNC(=O)c1ccc(CC(=O)Nc2ccc(-n3cnc(C)c3C)cc2)cc1. The number of nitrogens with one attached hydrogen (secondary N) is 2. The molecule has 0 saturated carbocycles. The monoisotopic (exact) mass is 362 g/mol. The predicted octanol–water partition coefficient (Wildman–Crippen LogP) is 3.03. The molecule has 3 aromatic rings. The standard InChI is InChI=1S/C21H22N4O2/c1-14-15(2)25(13-23-14)19-10-8-18(9-11-19)24-20(26)12-16-4-6-17(7-5-16)21(27)22-3/h4-11,13H,12H2,1-3H3,(H,22,27)(H,24,26). The third kappa shape index (κ3) is 4.23. The number of nitrogens with zero attached hydrogens (tertiary/aromatic N) is 2. The Labute approximate surface area is 158 Å². The van der Waals surface area contributed by atoms with E-state index < -0.39 is 0 Å². The maximum absolute atomic E-state index is 12.3. The maximum Gasteiger partial charge on any atom is 0.251 e. The van der Waals surface area contributed by atoms with E-state index in [-0.39, 0.29) is 18.2 Å². The number of imidazole rings is 1. The molecule has 0 atom stereocenters. The predicted molar refractivity (Wildman–Crippen MR) is 105 cm³/mol. The van der Waals surface area contributed by atoms with Crippen molar-refractivity contribution in [1.29, 1.82) is 0 Å². The second-order valence-electron chi connectivity index (χ2n) is 6.33. The summed E-state index contributed by atoms with van der Waals surface area (Å²) in [4.78, 5) is 28.1. The average molecular weight is 362 g/mol. The molecule has 0 spiro atoms. The van der Waals surface area contributed by atoms with Crippen LogP contribution in [0.3, 0.4) is 0 Å². The third-order valence-corrected chi connectivity index (χ3v) is 4.49. The minimum absolute atomic E-state index is 0.106. The van der Waals surface area contributed by atoms with Gasteiger partial charge in [0.1, 0.15) is 0 Å². The minimum atomic E-state index is -0.144. The first-order valence-electron chi connectivity index (χ1n) is 8.70. The van der Waals surface area contributed by atoms with Crippen molar-refractivity contribution >= 4 is 17.5 Å².